The Labute approximate surface area is 215 Å². The standard InChI is InChI=1S/C27H33N7O3/c1-18-5-6-19(2)24(15-18)32-9-11-33(12-10-32)25(26-29-30-31-34(26)13-14-36-3)22-16-20-7-8-21(37-4)17-23(20)28-27(22)35/h5-8,15-17,25H,9-14H2,1-4H3,(H,28,35)/t25-/m1/s1. The number of piperazine rings is 1. The van der Waals surface area contributed by atoms with E-state index in [9.17, 15) is 4.79 Å². The Morgan fingerprint density at radius 2 is 1.84 bits per heavy atom. The number of aryl methyl sites for hydroxylation is 2. The molecule has 194 valence electrons. The lowest BCUT2D eigenvalue weighted by Crippen LogP contribution is -2.49. The molecule has 1 fully saturated rings. The van der Waals surface area contributed by atoms with Gasteiger partial charge in [-0.3, -0.25) is 9.69 Å². The van der Waals surface area contributed by atoms with Crippen molar-refractivity contribution >= 4 is 16.6 Å². The van der Waals surface area contributed by atoms with Crippen LogP contribution in [0.2, 0.25) is 0 Å². The number of hydrogen-bond donors (Lipinski definition) is 1. The highest BCUT2D eigenvalue weighted by Gasteiger charge is 2.33. The molecule has 10 nitrogen and oxygen atoms in total. The van der Waals surface area contributed by atoms with Gasteiger partial charge in [0.15, 0.2) is 5.82 Å². The van der Waals surface area contributed by atoms with Gasteiger partial charge < -0.3 is 19.4 Å². The fraction of sp³-hybridized carbons (Fsp3) is 0.407. The van der Waals surface area contributed by atoms with Gasteiger partial charge in [0.05, 0.1) is 25.8 Å². The molecule has 1 atom stereocenters. The van der Waals surface area contributed by atoms with E-state index < -0.39 is 6.04 Å². The van der Waals surface area contributed by atoms with E-state index in [1.54, 1.807) is 18.9 Å². The Hall–Kier alpha value is -3.76. The smallest absolute Gasteiger partial charge is 0.253 e. The molecule has 1 saturated heterocycles. The molecule has 10 heteroatoms. The van der Waals surface area contributed by atoms with Crippen molar-refractivity contribution in [1.82, 2.24) is 30.1 Å². The molecule has 0 spiro atoms. The van der Waals surface area contributed by atoms with Crippen LogP contribution in [0.3, 0.4) is 0 Å². The Morgan fingerprint density at radius 1 is 1.03 bits per heavy atom. The van der Waals surface area contributed by atoms with Gasteiger partial charge in [-0.25, -0.2) is 4.68 Å². The summed E-state index contributed by atoms with van der Waals surface area (Å²) in [5.41, 5.74) is 4.96. The average Bonchev–Trinajstić information content (AvgIpc) is 3.37. The number of aromatic nitrogens is 5. The summed E-state index contributed by atoms with van der Waals surface area (Å²) in [7, 11) is 3.26. The number of rotatable bonds is 8. The predicted octanol–water partition coefficient (Wildman–Crippen LogP) is 2.70. The summed E-state index contributed by atoms with van der Waals surface area (Å²) in [5, 5.41) is 13.5. The predicted molar refractivity (Wildman–Crippen MR) is 142 cm³/mol. The number of H-pyrrole nitrogens is 1. The number of ether oxygens (including phenoxy) is 2. The minimum Gasteiger partial charge on any atom is -0.497 e. The zero-order valence-electron chi connectivity index (χ0n) is 21.8. The monoisotopic (exact) mass is 503 g/mol. The first-order valence-corrected chi connectivity index (χ1v) is 12.5. The van der Waals surface area contributed by atoms with E-state index in [1.807, 2.05) is 24.3 Å². The summed E-state index contributed by atoms with van der Waals surface area (Å²) in [5.74, 6) is 1.33. The van der Waals surface area contributed by atoms with Gasteiger partial charge in [-0.15, -0.1) is 5.10 Å². The molecule has 0 saturated carbocycles. The third-order valence-electron chi connectivity index (χ3n) is 7.07. The fourth-order valence-electron chi connectivity index (χ4n) is 5.05. The number of tetrazole rings is 1. The lowest BCUT2D eigenvalue weighted by Gasteiger charge is -2.40. The van der Waals surface area contributed by atoms with Crippen molar-refractivity contribution in [3.63, 3.8) is 0 Å². The zero-order chi connectivity index (χ0) is 25.9. The molecule has 1 aliphatic rings. The van der Waals surface area contributed by atoms with Crippen LogP contribution in [0.25, 0.3) is 10.9 Å². The normalized spacial score (nSPS) is 15.3. The highest BCUT2D eigenvalue weighted by atomic mass is 16.5. The van der Waals surface area contributed by atoms with Gasteiger partial charge in [0.1, 0.15) is 11.8 Å². The van der Waals surface area contributed by atoms with Crippen LogP contribution in [0.5, 0.6) is 5.75 Å². The minimum absolute atomic E-state index is 0.163. The van der Waals surface area contributed by atoms with E-state index in [4.69, 9.17) is 9.47 Å². The van der Waals surface area contributed by atoms with E-state index in [0.717, 1.165) is 37.1 Å². The van der Waals surface area contributed by atoms with Crippen molar-refractivity contribution in [2.75, 3.05) is 51.9 Å². The number of fused-ring (bicyclic) bond motifs is 1. The number of pyridine rings is 1. The molecule has 0 aliphatic carbocycles. The molecule has 5 rings (SSSR count). The van der Waals surface area contributed by atoms with Crippen LogP contribution in [0.4, 0.5) is 5.69 Å². The number of anilines is 1. The maximum Gasteiger partial charge on any atom is 0.253 e. The summed E-state index contributed by atoms with van der Waals surface area (Å²) < 4.78 is 12.3. The molecule has 4 aromatic rings. The molecule has 0 bridgehead atoms. The molecule has 3 heterocycles. The van der Waals surface area contributed by atoms with Crippen LogP contribution in [0.1, 0.15) is 28.6 Å². The second-order valence-electron chi connectivity index (χ2n) is 9.48. The fourth-order valence-corrected chi connectivity index (χ4v) is 5.05. The van der Waals surface area contributed by atoms with Crippen molar-refractivity contribution in [3.8, 4) is 5.75 Å². The largest absolute Gasteiger partial charge is 0.497 e. The first-order chi connectivity index (χ1) is 18.0. The van der Waals surface area contributed by atoms with Gasteiger partial charge in [0, 0.05) is 50.6 Å². The summed E-state index contributed by atoms with van der Waals surface area (Å²) in [6.07, 6.45) is 0. The van der Waals surface area contributed by atoms with E-state index in [0.29, 0.717) is 30.3 Å². The number of nitrogens with one attached hydrogen (secondary N) is 1. The van der Waals surface area contributed by atoms with E-state index in [2.05, 4.69) is 62.4 Å². The molecule has 0 amide bonds. The van der Waals surface area contributed by atoms with Crippen LogP contribution in [0.15, 0.2) is 47.3 Å². The molecular formula is C27H33N7O3. The number of methoxy groups -OCH3 is 2. The van der Waals surface area contributed by atoms with E-state index >= 15 is 0 Å². The van der Waals surface area contributed by atoms with E-state index in [1.165, 1.54) is 16.8 Å². The molecule has 1 N–H and O–H groups in total. The highest BCUT2D eigenvalue weighted by Crippen LogP contribution is 2.30. The third-order valence-corrected chi connectivity index (χ3v) is 7.07. The maximum atomic E-state index is 13.5. The Morgan fingerprint density at radius 3 is 2.59 bits per heavy atom. The Balaban J connectivity index is 1.52. The van der Waals surface area contributed by atoms with Gasteiger partial charge in [-0.05, 0) is 65.1 Å². The lowest BCUT2D eigenvalue weighted by atomic mass is 10.0. The quantitative estimate of drug-likeness (QED) is 0.392. The van der Waals surface area contributed by atoms with Crippen molar-refractivity contribution < 1.29 is 9.47 Å². The van der Waals surface area contributed by atoms with Crippen molar-refractivity contribution in [2.45, 2.75) is 26.4 Å². The molecule has 37 heavy (non-hydrogen) atoms. The van der Waals surface area contributed by atoms with E-state index in [-0.39, 0.29) is 5.56 Å². The molecule has 1 aliphatic heterocycles. The third kappa shape index (κ3) is 5.07. The molecule has 2 aromatic carbocycles. The minimum atomic E-state index is -0.400. The van der Waals surface area contributed by atoms with Crippen LogP contribution in [-0.2, 0) is 11.3 Å². The molecule has 0 unspecified atom stereocenters. The van der Waals surface area contributed by atoms with Crippen LogP contribution >= 0.6 is 0 Å². The SMILES string of the molecule is COCCn1nnnc1[C@@H](c1cc2ccc(OC)cc2[nH]c1=O)N1CCN(c2cc(C)ccc2C)CC1. The molecule has 2 aromatic heterocycles. The molecule has 0 radical (unpaired) electrons. The summed E-state index contributed by atoms with van der Waals surface area (Å²) in [4.78, 5) is 21.2. The Kier molecular flexibility index (Phi) is 7.20. The zero-order valence-corrected chi connectivity index (χ0v) is 21.8. The highest BCUT2D eigenvalue weighted by molar-refractivity contribution is 5.80. The second kappa shape index (κ2) is 10.7. The topological polar surface area (TPSA) is 101 Å². The van der Waals surface area contributed by atoms with Crippen LogP contribution < -0.4 is 15.2 Å². The van der Waals surface area contributed by atoms with Gasteiger partial charge in [0.2, 0.25) is 0 Å². The molecular weight excluding hydrogens is 470 g/mol. The number of benzene rings is 2. The van der Waals surface area contributed by atoms with Crippen LogP contribution in [-0.4, -0.2) is 77.1 Å². The number of aromatic amines is 1. The number of nitrogens with zero attached hydrogens (tertiary/aromatic N) is 6. The first kappa shape index (κ1) is 24.9. The second-order valence-corrected chi connectivity index (χ2v) is 9.48. The summed E-state index contributed by atoms with van der Waals surface area (Å²) >= 11 is 0. The van der Waals surface area contributed by atoms with Gasteiger partial charge in [0.25, 0.3) is 5.56 Å². The maximum absolute atomic E-state index is 13.5. The summed E-state index contributed by atoms with van der Waals surface area (Å²) in [6, 6.07) is 13.8. The van der Waals surface area contributed by atoms with Crippen molar-refractivity contribution in [1.29, 1.82) is 0 Å². The lowest BCUT2D eigenvalue weighted by molar-refractivity contribution is 0.171. The van der Waals surface area contributed by atoms with Gasteiger partial charge in [-0.1, -0.05) is 12.1 Å². The summed E-state index contributed by atoms with van der Waals surface area (Å²) in [6.45, 7) is 8.43. The van der Waals surface area contributed by atoms with Crippen LogP contribution in [0, 0.1) is 13.8 Å². The average molecular weight is 504 g/mol. The van der Waals surface area contributed by atoms with Crippen molar-refractivity contribution in [3.05, 3.63) is 75.3 Å². The number of hydrogen-bond acceptors (Lipinski definition) is 8. The Bertz CT molecular complexity index is 1440. The van der Waals surface area contributed by atoms with Gasteiger partial charge >= 0.3 is 0 Å². The first-order valence-electron chi connectivity index (χ1n) is 12.5. The van der Waals surface area contributed by atoms with Gasteiger partial charge in [-0.2, -0.15) is 0 Å². The van der Waals surface area contributed by atoms with Crippen molar-refractivity contribution in [2.24, 2.45) is 0 Å².